The van der Waals surface area contributed by atoms with E-state index in [-0.39, 0.29) is 17.6 Å². The SMILES string of the molecule is COC(C(O)C1CCOCC1)C(C)(C)C. The zero-order chi connectivity index (χ0) is 11.5. The Bertz CT molecular complexity index is 180. The molecular formula is C12H24O3. The summed E-state index contributed by atoms with van der Waals surface area (Å²) in [6, 6.07) is 0. The molecule has 0 aromatic heterocycles. The molecule has 0 spiro atoms. The Morgan fingerprint density at radius 2 is 1.80 bits per heavy atom. The van der Waals surface area contributed by atoms with Crippen LogP contribution in [0.5, 0.6) is 0 Å². The number of rotatable bonds is 3. The lowest BCUT2D eigenvalue weighted by atomic mass is 9.79. The molecule has 1 fully saturated rings. The minimum atomic E-state index is -0.376. The Balaban J connectivity index is 2.59. The first-order chi connectivity index (χ1) is 6.96. The van der Waals surface area contributed by atoms with Crippen LogP contribution in [0, 0.1) is 11.3 Å². The van der Waals surface area contributed by atoms with Crippen LogP contribution in [0.1, 0.15) is 33.6 Å². The van der Waals surface area contributed by atoms with Gasteiger partial charge in [-0.3, -0.25) is 0 Å². The van der Waals surface area contributed by atoms with Gasteiger partial charge in [-0.15, -0.1) is 0 Å². The number of hydrogen-bond donors (Lipinski definition) is 1. The zero-order valence-electron chi connectivity index (χ0n) is 10.3. The van der Waals surface area contributed by atoms with E-state index in [1.54, 1.807) is 7.11 Å². The molecule has 2 unspecified atom stereocenters. The highest BCUT2D eigenvalue weighted by Crippen LogP contribution is 2.31. The molecule has 0 bridgehead atoms. The molecule has 15 heavy (non-hydrogen) atoms. The molecule has 90 valence electrons. The minimum Gasteiger partial charge on any atom is -0.390 e. The molecular weight excluding hydrogens is 192 g/mol. The predicted molar refractivity (Wildman–Crippen MR) is 59.8 cm³/mol. The van der Waals surface area contributed by atoms with Crippen LogP contribution in [-0.4, -0.2) is 37.6 Å². The van der Waals surface area contributed by atoms with E-state index in [4.69, 9.17) is 9.47 Å². The maximum Gasteiger partial charge on any atom is 0.0880 e. The molecule has 0 radical (unpaired) electrons. The van der Waals surface area contributed by atoms with Crippen LogP contribution >= 0.6 is 0 Å². The van der Waals surface area contributed by atoms with E-state index in [0.717, 1.165) is 26.1 Å². The second-order valence-corrected chi connectivity index (χ2v) is 5.46. The van der Waals surface area contributed by atoms with Crippen molar-refractivity contribution in [1.29, 1.82) is 0 Å². The fraction of sp³-hybridized carbons (Fsp3) is 1.00. The minimum absolute atomic E-state index is 0.0214. The van der Waals surface area contributed by atoms with Gasteiger partial charge in [-0.1, -0.05) is 20.8 Å². The van der Waals surface area contributed by atoms with E-state index >= 15 is 0 Å². The van der Waals surface area contributed by atoms with Crippen LogP contribution in [0.4, 0.5) is 0 Å². The lowest BCUT2D eigenvalue weighted by Gasteiger charge is -2.38. The van der Waals surface area contributed by atoms with Gasteiger partial charge in [-0.25, -0.2) is 0 Å². The van der Waals surface area contributed by atoms with Crippen LogP contribution in [0.2, 0.25) is 0 Å². The van der Waals surface area contributed by atoms with Gasteiger partial charge in [-0.2, -0.15) is 0 Å². The normalized spacial score (nSPS) is 23.8. The molecule has 2 atom stereocenters. The van der Waals surface area contributed by atoms with E-state index in [2.05, 4.69) is 20.8 Å². The van der Waals surface area contributed by atoms with Crippen LogP contribution in [-0.2, 0) is 9.47 Å². The third-order valence-electron chi connectivity index (χ3n) is 3.17. The molecule has 1 aliphatic rings. The van der Waals surface area contributed by atoms with E-state index in [1.807, 2.05) is 0 Å². The van der Waals surface area contributed by atoms with Gasteiger partial charge in [0.1, 0.15) is 0 Å². The first-order valence-corrected chi connectivity index (χ1v) is 5.75. The van der Waals surface area contributed by atoms with Gasteiger partial charge in [0.15, 0.2) is 0 Å². The standard InChI is InChI=1S/C12H24O3/c1-12(2,3)11(14-4)10(13)9-5-7-15-8-6-9/h9-11,13H,5-8H2,1-4H3. The van der Waals surface area contributed by atoms with Crippen molar-refractivity contribution in [3.63, 3.8) is 0 Å². The Hall–Kier alpha value is -0.120. The molecule has 0 saturated carbocycles. The Morgan fingerprint density at radius 3 is 2.20 bits per heavy atom. The molecule has 1 aliphatic heterocycles. The number of aliphatic hydroxyl groups is 1. The highest BCUT2D eigenvalue weighted by atomic mass is 16.5. The van der Waals surface area contributed by atoms with Crippen molar-refractivity contribution in [2.45, 2.75) is 45.8 Å². The van der Waals surface area contributed by atoms with E-state index in [1.165, 1.54) is 0 Å². The number of methoxy groups -OCH3 is 1. The van der Waals surface area contributed by atoms with Gasteiger partial charge in [0.2, 0.25) is 0 Å². The highest BCUT2D eigenvalue weighted by molar-refractivity contribution is 4.86. The highest BCUT2D eigenvalue weighted by Gasteiger charge is 2.36. The largest absolute Gasteiger partial charge is 0.390 e. The molecule has 3 nitrogen and oxygen atoms in total. The Kier molecular flexibility index (Phi) is 4.56. The van der Waals surface area contributed by atoms with Crippen LogP contribution in [0.15, 0.2) is 0 Å². The zero-order valence-corrected chi connectivity index (χ0v) is 10.3. The summed E-state index contributed by atoms with van der Waals surface area (Å²) in [6.07, 6.45) is 1.41. The van der Waals surface area contributed by atoms with Crippen LogP contribution < -0.4 is 0 Å². The molecule has 1 N–H and O–H groups in total. The lowest BCUT2D eigenvalue weighted by molar-refractivity contribution is -0.109. The first-order valence-electron chi connectivity index (χ1n) is 5.75. The number of ether oxygens (including phenoxy) is 2. The van der Waals surface area contributed by atoms with E-state index < -0.39 is 0 Å². The Labute approximate surface area is 92.8 Å². The first kappa shape index (κ1) is 12.9. The van der Waals surface area contributed by atoms with Gasteiger partial charge in [0, 0.05) is 20.3 Å². The second-order valence-electron chi connectivity index (χ2n) is 5.46. The van der Waals surface area contributed by atoms with Crippen molar-refractivity contribution in [1.82, 2.24) is 0 Å². The van der Waals surface area contributed by atoms with Crippen molar-refractivity contribution < 1.29 is 14.6 Å². The molecule has 0 aromatic rings. The Morgan fingerprint density at radius 1 is 1.27 bits per heavy atom. The molecule has 0 aromatic carbocycles. The summed E-state index contributed by atoms with van der Waals surface area (Å²) in [5.41, 5.74) is -0.0214. The van der Waals surface area contributed by atoms with Crippen molar-refractivity contribution in [2.24, 2.45) is 11.3 Å². The van der Waals surface area contributed by atoms with E-state index in [0.29, 0.717) is 5.92 Å². The molecule has 1 heterocycles. The second kappa shape index (κ2) is 5.28. The van der Waals surface area contributed by atoms with Crippen molar-refractivity contribution in [3.8, 4) is 0 Å². The quantitative estimate of drug-likeness (QED) is 0.782. The number of hydrogen-bond acceptors (Lipinski definition) is 3. The third kappa shape index (κ3) is 3.44. The summed E-state index contributed by atoms with van der Waals surface area (Å²) in [5, 5.41) is 10.3. The summed E-state index contributed by atoms with van der Waals surface area (Å²) >= 11 is 0. The van der Waals surface area contributed by atoms with Gasteiger partial charge in [0.05, 0.1) is 12.2 Å². The smallest absolute Gasteiger partial charge is 0.0880 e. The molecule has 0 aliphatic carbocycles. The average molecular weight is 216 g/mol. The summed E-state index contributed by atoms with van der Waals surface area (Å²) in [6.45, 7) is 7.84. The predicted octanol–water partition coefficient (Wildman–Crippen LogP) is 1.83. The summed E-state index contributed by atoms with van der Waals surface area (Å²) in [7, 11) is 1.68. The van der Waals surface area contributed by atoms with Gasteiger partial charge >= 0.3 is 0 Å². The van der Waals surface area contributed by atoms with Gasteiger partial charge in [-0.05, 0) is 24.2 Å². The molecule has 1 rings (SSSR count). The lowest BCUT2D eigenvalue weighted by Crippen LogP contribution is -2.45. The van der Waals surface area contributed by atoms with Crippen molar-refractivity contribution in [2.75, 3.05) is 20.3 Å². The van der Waals surface area contributed by atoms with Crippen LogP contribution in [0.25, 0.3) is 0 Å². The molecule has 0 amide bonds. The fourth-order valence-electron chi connectivity index (χ4n) is 2.31. The van der Waals surface area contributed by atoms with Crippen molar-refractivity contribution >= 4 is 0 Å². The topological polar surface area (TPSA) is 38.7 Å². The maximum atomic E-state index is 10.3. The fourth-order valence-corrected chi connectivity index (χ4v) is 2.31. The van der Waals surface area contributed by atoms with Crippen LogP contribution in [0.3, 0.4) is 0 Å². The maximum absolute atomic E-state index is 10.3. The monoisotopic (exact) mass is 216 g/mol. The average Bonchev–Trinajstić information content (AvgIpc) is 2.18. The summed E-state index contributed by atoms with van der Waals surface area (Å²) in [5.74, 6) is 0.322. The molecule has 1 saturated heterocycles. The van der Waals surface area contributed by atoms with E-state index in [9.17, 15) is 5.11 Å². The molecule has 3 heteroatoms. The summed E-state index contributed by atoms with van der Waals surface area (Å²) in [4.78, 5) is 0. The number of aliphatic hydroxyl groups excluding tert-OH is 1. The van der Waals surface area contributed by atoms with Gasteiger partial charge < -0.3 is 14.6 Å². The van der Waals surface area contributed by atoms with Crippen molar-refractivity contribution in [3.05, 3.63) is 0 Å². The summed E-state index contributed by atoms with van der Waals surface area (Å²) < 4.78 is 10.7. The third-order valence-corrected chi connectivity index (χ3v) is 3.17. The van der Waals surface area contributed by atoms with Gasteiger partial charge in [0.25, 0.3) is 0 Å².